The molecular weight excluding hydrogens is 526 g/mol. The van der Waals surface area contributed by atoms with Crippen molar-refractivity contribution in [2.75, 3.05) is 13.1 Å². The molecule has 0 radical (unpaired) electrons. The van der Waals surface area contributed by atoms with Crippen molar-refractivity contribution in [2.45, 2.75) is 36.8 Å². The van der Waals surface area contributed by atoms with Gasteiger partial charge in [-0.1, -0.05) is 72.8 Å². The average Bonchev–Trinajstić information content (AvgIpc) is 3.83. The Morgan fingerprint density at radius 3 is 1.71 bits per heavy atom. The van der Waals surface area contributed by atoms with Crippen LogP contribution in [0.25, 0.3) is 11.3 Å². The fourth-order valence-corrected chi connectivity index (χ4v) is 6.32. The summed E-state index contributed by atoms with van der Waals surface area (Å²) in [6.07, 6.45) is 5.10. The maximum Gasteiger partial charge on any atom is 0.253 e. The van der Waals surface area contributed by atoms with Crippen molar-refractivity contribution in [1.82, 2.24) is 25.5 Å². The first-order valence-electron chi connectivity index (χ1n) is 14.6. The van der Waals surface area contributed by atoms with Gasteiger partial charge in [0.1, 0.15) is 0 Å². The SMILES string of the molecule is O=C(N[C@H]1C[C@@H]1c1ccccc1)[C@@H]1CN(C(=O)c2ccc(-c3cnc[nH]3)cc2)C[C@H]1C(=O)N[C@H]1C[C@@H]1c1ccccc1. The number of benzene rings is 3. The van der Waals surface area contributed by atoms with Crippen LogP contribution < -0.4 is 10.6 Å². The van der Waals surface area contributed by atoms with E-state index in [0.29, 0.717) is 5.56 Å². The third kappa shape index (κ3) is 5.32. The number of amides is 3. The number of rotatable bonds is 8. The lowest BCUT2D eigenvalue weighted by Gasteiger charge is -2.18. The number of H-pyrrole nitrogens is 1. The normalized spacial score (nSPS) is 26.0. The molecule has 0 unspecified atom stereocenters. The van der Waals surface area contributed by atoms with Gasteiger partial charge in [0.15, 0.2) is 0 Å². The molecule has 0 bridgehead atoms. The maximum atomic E-state index is 13.6. The van der Waals surface area contributed by atoms with E-state index in [2.05, 4.69) is 44.9 Å². The highest BCUT2D eigenvalue weighted by Crippen LogP contribution is 2.42. The van der Waals surface area contributed by atoms with Crippen LogP contribution in [0.5, 0.6) is 0 Å². The van der Waals surface area contributed by atoms with Crippen molar-refractivity contribution >= 4 is 17.7 Å². The Labute approximate surface area is 244 Å². The molecule has 8 nitrogen and oxygen atoms in total. The number of nitrogens with zero attached hydrogens (tertiary/aromatic N) is 2. The summed E-state index contributed by atoms with van der Waals surface area (Å²) in [6.45, 7) is 0.418. The van der Waals surface area contributed by atoms with Crippen molar-refractivity contribution < 1.29 is 14.4 Å². The molecule has 6 atom stereocenters. The molecule has 3 amide bonds. The first-order valence-corrected chi connectivity index (χ1v) is 14.6. The summed E-state index contributed by atoms with van der Waals surface area (Å²) in [5.74, 6) is -1.13. The Hall–Kier alpha value is -4.72. The second kappa shape index (κ2) is 10.9. The second-order valence-electron chi connectivity index (χ2n) is 11.7. The predicted molar refractivity (Wildman–Crippen MR) is 158 cm³/mol. The van der Waals surface area contributed by atoms with Crippen LogP contribution in [0, 0.1) is 11.8 Å². The summed E-state index contributed by atoms with van der Waals surface area (Å²) in [7, 11) is 0. The van der Waals surface area contributed by atoms with Crippen molar-refractivity contribution in [3.8, 4) is 11.3 Å². The monoisotopic (exact) mass is 559 g/mol. The summed E-state index contributed by atoms with van der Waals surface area (Å²) in [4.78, 5) is 49.6. The van der Waals surface area contributed by atoms with Crippen molar-refractivity contribution in [3.05, 3.63) is 114 Å². The van der Waals surface area contributed by atoms with Gasteiger partial charge in [-0.3, -0.25) is 14.4 Å². The van der Waals surface area contributed by atoms with E-state index in [-0.39, 0.29) is 54.7 Å². The minimum atomic E-state index is -0.607. The molecule has 2 heterocycles. The van der Waals surface area contributed by atoms with Crippen LogP contribution in [0.4, 0.5) is 0 Å². The van der Waals surface area contributed by atoms with Gasteiger partial charge in [-0.05, 0) is 41.7 Å². The molecule has 212 valence electrons. The Kier molecular flexibility index (Phi) is 6.82. The van der Waals surface area contributed by atoms with E-state index >= 15 is 0 Å². The highest BCUT2D eigenvalue weighted by molar-refractivity contribution is 5.97. The van der Waals surface area contributed by atoms with Gasteiger partial charge < -0.3 is 20.5 Å². The number of carbonyl (C=O) groups is 3. The molecule has 2 saturated carbocycles. The number of aromatic nitrogens is 2. The van der Waals surface area contributed by atoms with Crippen LogP contribution in [-0.4, -0.2) is 57.8 Å². The average molecular weight is 560 g/mol. The quantitative estimate of drug-likeness (QED) is 0.302. The number of nitrogens with one attached hydrogen (secondary N) is 3. The molecule has 7 rings (SSSR count). The molecule has 3 fully saturated rings. The van der Waals surface area contributed by atoms with Crippen LogP contribution >= 0.6 is 0 Å². The first kappa shape index (κ1) is 26.2. The Bertz CT molecular complexity index is 1500. The van der Waals surface area contributed by atoms with E-state index in [1.807, 2.05) is 48.5 Å². The van der Waals surface area contributed by atoms with E-state index in [9.17, 15) is 14.4 Å². The number of hydrogen-bond donors (Lipinski definition) is 3. The zero-order valence-corrected chi connectivity index (χ0v) is 23.1. The zero-order valence-electron chi connectivity index (χ0n) is 23.1. The van der Waals surface area contributed by atoms with E-state index in [4.69, 9.17) is 0 Å². The van der Waals surface area contributed by atoms with Gasteiger partial charge in [0.25, 0.3) is 5.91 Å². The molecule has 1 saturated heterocycles. The third-order valence-corrected chi connectivity index (χ3v) is 8.91. The largest absolute Gasteiger partial charge is 0.352 e. The molecule has 1 aliphatic heterocycles. The van der Waals surface area contributed by atoms with Gasteiger partial charge >= 0.3 is 0 Å². The van der Waals surface area contributed by atoms with Crippen LogP contribution in [0.15, 0.2) is 97.5 Å². The smallest absolute Gasteiger partial charge is 0.253 e. The van der Waals surface area contributed by atoms with Gasteiger partial charge in [-0.2, -0.15) is 0 Å². The molecule has 3 aromatic carbocycles. The van der Waals surface area contributed by atoms with Crippen LogP contribution in [0.3, 0.4) is 0 Å². The number of likely N-dealkylation sites (tertiary alicyclic amines) is 1. The molecule has 8 heteroatoms. The Balaban J connectivity index is 1.05. The van der Waals surface area contributed by atoms with Crippen LogP contribution in [0.1, 0.15) is 46.2 Å². The lowest BCUT2D eigenvalue weighted by molar-refractivity contribution is -0.133. The number of imidazole rings is 1. The fourth-order valence-electron chi connectivity index (χ4n) is 6.32. The lowest BCUT2D eigenvalue weighted by Crippen LogP contribution is -2.43. The summed E-state index contributed by atoms with van der Waals surface area (Å²) in [6, 6.07) is 27.8. The fraction of sp³-hybridized carbons (Fsp3) is 0.294. The maximum absolute atomic E-state index is 13.6. The lowest BCUT2D eigenvalue weighted by atomic mass is 9.94. The van der Waals surface area contributed by atoms with Crippen LogP contribution in [0.2, 0.25) is 0 Å². The molecule has 2 aliphatic carbocycles. The Morgan fingerprint density at radius 1 is 0.714 bits per heavy atom. The minimum Gasteiger partial charge on any atom is -0.352 e. The van der Waals surface area contributed by atoms with Crippen molar-refractivity contribution in [3.63, 3.8) is 0 Å². The second-order valence-corrected chi connectivity index (χ2v) is 11.7. The third-order valence-electron chi connectivity index (χ3n) is 8.91. The predicted octanol–water partition coefficient (Wildman–Crippen LogP) is 4.11. The molecule has 4 aromatic rings. The van der Waals surface area contributed by atoms with Gasteiger partial charge in [-0.25, -0.2) is 4.98 Å². The molecule has 3 aliphatic rings. The molecule has 42 heavy (non-hydrogen) atoms. The van der Waals surface area contributed by atoms with Gasteiger partial charge in [0.2, 0.25) is 11.8 Å². The highest BCUT2D eigenvalue weighted by atomic mass is 16.2. The summed E-state index contributed by atoms with van der Waals surface area (Å²) in [5.41, 5.74) is 4.73. The number of carbonyl (C=O) groups excluding carboxylic acids is 3. The molecule has 1 aromatic heterocycles. The Morgan fingerprint density at radius 2 is 1.24 bits per heavy atom. The highest BCUT2D eigenvalue weighted by Gasteiger charge is 2.48. The van der Waals surface area contributed by atoms with E-state index in [1.165, 1.54) is 11.1 Å². The topological polar surface area (TPSA) is 107 Å². The van der Waals surface area contributed by atoms with Crippen molar-refractivity contribution in [2.24, 2.45) is 11.8 Å². The van der Waals surface area contributed by atoms with Gasteiger partial charge in [0.05, 0.1) is 30.1 Å². The van der Waals surface area contributed by atoms with E-state index in [0.717, 1.165) is 24.1 Å². The summed E-state index contributed by atoms with van der Waals surface area (Å²) in [5, 5.41) is 6.38. The molecule has 3 N–H and O–H groups in total. The summed E-state index contributed by atoms with van der Waals surface area (Å²) >= 11 is 0. The number of aromatic amines is 1. The van der Waals surface area contributed by atoms with Crippen LogP contribution in [-0.2, 0) is 9.59 Å². The number of hydrogen-bond acceptors (Lipinski definition) is 4. The van der Waals surface area contributed by atoms with E-state index in [1.54, 1.807) is 29.6 Å². The van der Waals surface area contributed by atoms with Crippen molar-refractivity contribution in [1.29, 1.82) is 0 Å². The minimum absolute atomic E-state index is 0.0503. The van der Waals surface area contributed by atoms with E-state index < -0.39 is 11.8 Å². The first-order chi connectivity index (χ1) is 20.5. The zero-order chi connectivity index (χ0) is 28.6. The van der Waals surface area contributed by atoms with Gasteiger partial charge in [-0.15, -0.1) is 0 Å². The molecule has 0 spiro atoms. The standard InChI is InChI=1S/C34H33N5O3/c40-32(37-29-15-25(29)21-7-3-1-4-8-21)27-18-39(34(42)24-13-11-23(12-14-24)31-17-35-20-36-31)19-28(27)33(41)38-30-16-26(30)22-9-5-2-6-10-22/h1-14,17,20,25-30H,15-16,18-19H2,(H,35,36)(H,37,40)(H,38,41)/t25-,26-,27-,28-,29+,30+/m1/s1. The van der Waals surface area contributed by atoms with Gasteiger partial charge in [0, 0.05) is 42.6 Å². The summed E-state index contributed by atoms with van der Waals surface area (Å²) < 4.78 is 0. The molecular formula is C34H33N5O3.